The molecule has 0 aliphatic carbocycles. The van der Waals surface area contributed by atoms with Gasteiger partial charge < -0.3 is 15.2 Å². The highest BCUT2D eigenvalue weighted by Gasteiger charge is 2.04. The molecule has 1 aromatic heterocycles. The van der Waals surface area contributed by atoms with E-state index in [1.807, 2.05) is 16.7 Å². The van der Waals surface area contributed by atoms with Gasteiger partial charge in [0.15, 0.2) is 5.96 Å². The van der Waals surface area contributed by atoms with E-state index in [1.165, 1.54) is 6.07 Å². The van der Waals surface area contributed by atoms with Gasteiger partial charge in [0.2, 0.25) is 0 Å². The van der Waals surface area contributed by atoms with Crippen LogP contribution in [-0.4, -0.2) is 40.4 Å². The van der Waals surface area contributed by atoms with Crippen LogP contribution in [0.1, 0.15) is 38.1 Å². The predicted molar refractivity (Wildman–Crippen MR) is 103 cm³/mol. The predicted octanol–water partition coefficient (Wildman–Crippen LogP) is 2.56. The Hall–Kier alpha value is -2.44. The number of guanidine groups is 1. The molecule has 0 aliphatic heterocycles. The summed E-state index contributed by atoms with van der Waals surface area (Å²) in [5, 5.41) is 14.7. The molecule has 0 amide bonds. The molecule has 142 valence electrons. The van der Waals surface area contributed by atoms with Gasteiger partial charge in [0.25, 0.3) is 0 Å². The fourth-order valence-electron chi connectivity index (χ4n) is 2.57. The van der Waals surface area contributed by atoms with Gasteiger partial charge in [-0.3, -0.25) is 4.99 Å². The van der Waals surface area contributed by atoms with Crippen molar-refractivity contribution in [3.05, 3.63) is 47.8 Å². The highest BCUT2D eigenvalue weighted by molar-refractivity contribution is 5.79. The minimum Gasteiger partial charge on any atom is -0.356 e. The van der Waals surface area contributed by atoms with Crippen molar-refractivity contribution in [3.8, 4) is 0 Å². The van der Waals surface area contributed by atoms with Crippen LogP contribution in [-0.2, 0) is 19.4 Å². The molecule has 0 fully saturated rings. The number of benzene rings is 1. The van der Waals surface area contributed by atoms with Gasteiger partial charge in [-0.2, -0.15) is 0 Å². The lowest BCUT2D eigenvalue weighted by Gasteiger charge is -2.13. The van der Waals surface area contributed by atoms with E-state index in [-0.39, 0.29) is 5.82 Å². The lowest BCUT2D eigenvalue weighted by atomic mass is 10.1. The molecule has 2 aromatic rings. The van der Waals surface area contributed by atoms with Crippen molar-refractivity contribution >= 4 is 5.96 Å². The number of halogens is 1. The van der Waals surface area contributed by atoms with E-state index in [2.05, 4.69) is 39.7 Å². The first-order valence-electron chi connectivity index (χ1n) is 9.36. The van der Waals surface area contributed by atoms with E-state index in [4.69, 9.17) is 0 Å². The average molecular weight is 360 g/mol. The van der Waals surface area contributed by atoms with E-state index in [9.17, 15) is 4.39 Å². The van der Waals surface area contributed by atoms with Crippen LogP contribution < -0.4 is 10.6 Å². The van der Waals surface area contributed by atoms with Crippen LogP contribution in [0.5, 0.6) is 0 Å². The maximum Gasteiger partial charge on any atom is 0.191 e. The second-order valence-corrected chi connectivity index (χ2v) is 6.07. The van der Waals surface area contributed by atoms with E-state index < -0.39 is 0 Å². The van der Waals surface area contributed by atoms with Crippen molar-refractivity contribution in [2.45, 2.75) is 46.1 Å². The minimum absolute atomic E-state index is 0.161. The molecule has 26 heavy (non-hydrogen) atoms. The first-order valence-corrected chi connectivity index (χ1v) is 9.36. The summed E-state index contributed by atoms with van der Waals surface area (Å²) in [6.45, 7) is 7.12. The van der Waals surface area contributed by atoms with Crippen LogP contribution in [0.3, 0.4) is 0 Å². The third kappa shape index (κ3) is 6.46. The fraction of sp³-hybridized carbons (Fsp3) is 0.526. The molecular formula is C19H29FN6. The molecule has 2 rings (SSSR count). The zero-order valence-corrected chi connectivity index (χ0v) is 15.7. The first kappa shape index (κ1) is 19.9. The molecule has 0 saturated carbocycles. The maximum atomic E-state index is 13.7. The fourth-order valence-corrected chi connectivity index (χ4v) is 2.57. The van der Waals surface area contributed by atoms with Gasteiger partial charge >= 0.3 is 0 Å². The van der Waals surface area contributed by atoms with Crippen LogP contribution in [0.15, 0.2) is 35.6 Å². The summed E-state index contributed by atoms with van der Waals surface area (Å²) < 4.78 is 15.7. The second-order valence-electron chi connectivity index (χ2n) is 6.07. The molecule has 0 spiro atoms. The van der Waals surface area contributed by atoms with Gasteiger partial charge in [-0.05, 0) is 24.5 Å². The van der Waals surface area contributed by atoms with Crippen LogP contribution >= 0.6 is 0 Å². The Morgan fingerprint density at radius 2 is 2.00 bits per heavy atom. The lowest BCUT2D eigenvalue weighted by molar-refractivity contribution is 0.605. The Bertz CT molecular complexity index is 682. The monoisotopic (exact) mass is 360 g/mol. The number of unbranched alkanes of at least 4 members (excludes halogenated alkanes) is 1. The molecule has 0 atom stereocenters. The third-order valence-electron chi connectivity index (χ3n) is 4.08. The summed E-state index contributed by atoms with van der Waals surface area (Å²) >= 11 is 0. The number of nitrogens with one attached hydrogen (secondary N) is 2. The van der Waals surface area contributed by atoms with Crippen molar-refractivity contribution in [2.24, 2.45) is 4.99 Å². The Labute approximate surface area is 154 Å². The van der Waals surface area contributed by atoms with E-state index in [1.54, 1.807) is 12.4 Å². The van der Waals surface area contributed by atoms with Crippen LogP contribution in [0.2, 0.25) is 0 Å². The summed E-state index contributed by atoms with van der Waals surface area (Å²) in [4.78, 5) is 4.59. The zero-order valence-electron chi connectivity index (χ0n) is 15.7. The number of aromatic nitrogens is 3. The smallest absolute Gasteiger partial charge is 0.191 e. The van der Waals surface area contributed by atoms with Crippen molar-refractivity contribution in [2.75, 3.05) is 19.6 Å². The van der Waals surface area contributed by atoms with E-state index in [0.29, 0.717) is 18.5 Å². The molecule has 0 saturated heterocycles. The van der Waals surface area contributed by atoms with Gasteiger partial charge in [0.05, 0.1) is 0 Å². The van der Waals surface area contributed by atoms with Gasteiger partial charge in [-0.25, -0.2) is 4.39 Å². The van der Waals surface area contributed by atoms with Crippen LogP contribution in [0, 0.1) is 5.82 Å². The number of nitrogens with zero attached hydrogens (tertiary/aromatic N) is 4. The summed E-state index contributed by atoms with van der Waals surface area (Å²) in [5.74, 6) is 1.58. The van der Waals surface area contributed by atoms with Crippen molar-refractivity contribution in [3.63, 3.8) is 0 Å². The number of hydrogen-bond donors (Lipinski definition) is 2. The molecule has 1 heterocycles. The van der Waals surface area contributed by atoms with Gasteiger partial charge in [-0.1, -0.05) is 38.5 Å². The maximum absolute atomic E-state index is 13.7. The number of rotatable bonds is 10. The lowest BCUT2D eigenvalue weighted by Crippen LogP contribution is -2.40. The summed E-state index contributed by atoms with van der Waals surface area (Å²) in [5.41, 5.74) is 0.713. The van der Waals surface area contributed by atoms with Gasteiger partial charge in [-0.15, -0.1) is 10.2 Å². The number of aryl methyl sites for hydroxylation is 1. The Morgan fingerprint density at radius 3 is 2.77 bits per heavy atom. The molecular weight excluding hydrogens is 331 g/mol. The molecule has 1 aromatic carbocycles. The molecule has 0 aliphatic rings. The van der Waals surface area contributed by atoms with Crippen molar-refractivity contribution in [1.29, 1.82) is 0 Å². The van der Waals surface area contributed by atoms with Crippen molar-refractivity contribution < 1.29 is 4.39 Å². The van der Waals surface area contributed by atoms with Crippen molar-refractivity contribution in [1.82, 2.24) is 25.4 Å². The van der Waals surface area contributed by atoms with Crippen LogP contribution in [0.25, 0.3) is 0 Å². The molecule has 6 nitrogen and oxygen atoms in total. The molecule has 0 unspecified atom stereocenters. The van der Waals surface area contributed by atoms with E-state index in [0.717, 1.165) is 50.7 Å². The highest BCUT2D eigenvalue weighted by Crippen LogP contribution is 2.06. The highest BCUT2D eigenvalue weighted by atomic mass is 19.1. The topological polar surface area (TPSA) is 67.1 Å². The molecule has 0 radical (unpaired) electrons. The largest absolute Gasteiger partial charge is 0.356 e. The third-order valence-corrected chi connectivity index (χ3v) is 4.08. The van der Waals surface area contributed by atoms with Gasteiger partial charge in [0, 0.05) is 32.6 Å². The van der Waals surface area contributed by atoms with E-state index >= 15 is 0 Å². The molecule has 2 N–H and O–H groups in total. The molecule has 7 heteroatoms. The number of aliphatic imine (C=N–C) groups is 1. The average Bonchev–Trinajstić information content (AvgIpc) is 3.10. The Balaban J connectivity index is 1.83. The number of hydrogen-bond acceptors (Lipinski definition) is 3. The van der Waals surface area contributed by atoms with Crippen LogP contribution in [0.4, 0.5) is 4.39 Å². The summed E-state index contributed by atoms with van der Waals surface area (Å²) in [6, 6.07) is 6.88. The quantitative estimate of drug-likeness (QED) is 0.388. The molecule has 0 bridgehead atoms. The summed E-state index contributed by atoms with van der Waals surface area (Å²) in [7, 11) is 0. The minimum atomic E-state index is -0.161. The zero-order chi connectivity index (χ0) is 18.6. The standard InChI is InChI=1S/C19H29FN6/c1-3-5-11-21-19(22-12-10-16-8-6-7-9-17(16)20)23-13-14-26-15-24-25-18(26)4-2/h6-9,15H,3-5,10-14H2,1-2H3,(H2,21,22,23). The SMILES string of the molecule is CCCCN=C(NCCc1ccccc1F)NCCn1cnnc1CC. The first-order chi connectivity index (χ1) is 12.7. The van der Waals surface area contributed by atoms with Gasteiger partial charge in [0.1, 0.15) is 18.0 Å². The normalized spacial score (nSPS) is 11.6. The Kier molecular flexibility index (Phi) is 8.59. The second kappa shape index (κ2) is 11.2. The summed E-state index contributed by atoms with van der Waals surface area (Å²) in [6.07, 6.45) is 5.38. The Morgan fingerprint density at radius 1 is 1.19 bits per heavy atom.